The summed E-state index contributed by atoms with van der Waals surface area (Å²) in [6.45, 7) is 3.30. The van der Waals surface area contributed by atoms with Crippen molar-refractivity contribution < 1.29 is 52.6 Å². The van der Waals surface area contributed by atoms with Crippen LogP contribution in [0.1, 0.15) is 162 Å². The second kappa shape index (κ2) is 33.8. The van der Waals surface area contributed by atoms with Gasteiger partial charge in [-0.05, 0) is 57.8 Å². The molecule has 1 aliphatic carbocycles. The van der Waals surface area contributed by atoms with E-state index < -0.39 is 44.7 Å². The molecule has 324 valence electrons. The molecule has 56 heavy (non-hydrogen) atoms. The first-order chi connectivity index (χ1) is 27.0. The SMILES string of the molecule is CCCCCC/C=C\CCCCCCCCCC(=O)O[C@H](COC(=O)CCC/C=C\C[C@H]1C(=O)C[C@@H](O)[C@@H]1/C=C/[C@@H](O)CCCCC)COP(=O)(O)OCCN. The lowest BCUT2D eigenvalue weighted by atomic mass is 9.90. The first-order valence-corrected chi connectivity index (χ1v) is 23.1. The normalized spacial score (nSPS) is 19.6. The largest absolute Gasteiger partial charge is 0.472 e. The predicted octanol–water partition coefficient (Wildman–Crippen LogP) is 8.75. The Morgan fingerprint density at radius 3 is 2.07 bits per heavy atom. The van der Waals surface area contributed by atoms with Gasteiger partial charge in [-0.3, -0.25) is 23.4 Å². The van der Waals surface area contributed by atoms with Gasteiger partial charge in [0.2, 0.25) is 0 Å². The highest BCUT2D eigenvalue weighted by atomic mass is 31.2. The van der Waals surface area contributed by atoms with E-state index >= 15 is 0 Å². The summed E-state index contributed by atoms with van der Waals surface area (Å²) in [6.07, 6.45) is 29.6. The van der Waals surface area contributed by atoms with Crippen molar-refractivity contribution in [3.63, 3.8) is 0 Å². The fourth-order valence-electron chi connectivity index (χ4n) is 6.55. The van der Waals surface area contributed by atoms with E-state index in [0.29, 0.717) is 32.1 Å². The van der Waals surface area contributed by atoms with E-state index in [4.69, 9.17) is 24.3 Å². The summed E-state index contributed by atoms with van der Waals surface area (Å²) >= 11 is 0. The number of carbonyl (C=O) groups is 3. The lowest BCUT2D eigenvalue weighted by Gasteiger charge is -2.19. The number of ketones is 1. The second-order valence-corrected chi connectivity index (χ2v) is 16.4. The lowest BCUT2D eigenvalue weighted by molar-refractivity contribution is -0.161. The number of esters is 2. The summed E-state index contributed by atoms with van der Waals surface area (Å²) in [4.78, 5) is 47.5. The van der Waals surface area contributed by atoms with E-state index in [0.717, 1.165) is 44.9 Å². The smallest absolute Gasteiger partial charge is 0.462 e. The number of rotatable bonds is 36. The molecule has 13 heteroatoms. The number of carbonyl (C=O) groups excluding carboxylic acids is 3. The number of phosphoric ester groups is 1. The zero-order chi connectivity index (χ0) is 41.3. The highest BCUT2D eigenvalue weighted by Crippen LogP contribution is 2.43. The van der Waals surface area contributed by atoms with Crippen LogP contribution >= 0.6 is 7.82 Å². The number of phosphoric acid groups is 1. The number of nitrogens with two attached hydrogens (primary N) is 1. The van der Waals surface area contributed by atoms with Gasteiger partial charge in [-0.25, -0.2) is 4.57 Å². The quantitative estimate of drug-likeness (QED) is 0.0204. The average Bonchev–Trinajstić information content (AvgIpc) is 3.44. The summed E-state index contributed by atoms with van der Waals surface area (Å²) in [5.41, 5.74) is 5.34. The average molecular weight is 814 g/mol. The van der Waals surface area contributed by atoms with Crippen LogP contribution in [0.15, 0.2) is 36.5 Å². The minimum atomic E-state index is -4.44. The van der Waals surface area contributed by atoms with Gasteiger partial charge in [0, 0.05) is 37.6 Å². The molecule has 0 spiro atoms. The van der Waals surface area contributed by atoms with Crippen molar-refractivity contribution >= 4 is 25.5 Å². The Bertz CT molecular complexity index is 1180. The Kier molecular flexibility index (Phi) is 31.2. The molecule has 0 radical (unpaired) electrons. The van der Waals surface area contributed by atoms with Crippen LogP contribution in [0.5, 0.6) is 0 Å². The molecule has 1 aliphatic rings. The zero-order valence-electron chi connectivity index (χ0n) is 34.6. The molecule has 0 aliphatic heterocycles. The van der Waals surface area contributed by atoms with E-state index in [9.17, 15) is 34.1 Å². The third kappa shape index (κ3) is 27.5. The molecule has 12 nitrogen and oxygen atoms in total. The first-order valence-electron chi connectivity index (χ1n) is 21.6. The third-order valence-electron chi connectivity index (χ3n) is 9.87. The summed E-state index contributed by atoms with van der Waals surface area (Å²) in [6, 6.07) is 0. The standard InChI is InChI=1S/C43H76NO11P/c1-3-5-7-8-9-10-11-12-13-14-15-16-17-18-24-28-43(49)55-37(35-54-56(50,51)53-32-31-44)34-52-42(48)27-23-20-19-22-26-38-39(41(47)33-40(38)46)30-29-36(45)25-21-6-4-2/h10-11,19,22,29-30,36-39,41,45,47H,3-9,12-18,20-21,23-28,31-35,44H2,1-2H3,(H,50,51)/b11-10-,22-19-,30-29+/t36-,37+,38+,39+,41+/m0/s1. The molecular weight excluding hydrogens is 737 g/mol. The summed E-state index contributed by atoms with van der Waals surface area (Å²) < 4.78 is 32.7. The Morgan fingerprint density at radius 2 is 1.39 bits per heavy atom. The Morgan fingerprint density at radius 1 is 0.804 bits per heavy atom. The number of hydrogen-bond donors (Lipinski definition) is 4. The fourth-order valence-corrected chi connectivity index (χ4v) is 7.32. The molecule has 0 aromatic carbocycles. The maximum absolute atomic E-state index is 12.6. The lowest BCUT2D eigenvalue weighted by Crippen LogP contribution is -2.29. The van der Waals surface area contributed by atoms with Crippen molar-refractivity contribution in [2.24, 2.45) is 17.6 Å². The van der Waals surface area contributed by atoms with Crippen molar-refractivity contribution in [1.29, 1.82) is 0 Å². The van der Waals surface area contributed by atoms with Crippen molar-refractivity contribution in [2.45, 2.75) is 180 Å². The van der Waals surface area contributed by atoms with Crippen LogP contribution < -0.4 is 5.73 Å². The Labute approximate surface area is 337 Å². The van der Waals surface area contributed by atoms with Gasteiger partial charge in [0.25, 0.3) is 0 Å². The van der Waals surface area contributed by atoms with E-state index in [-0.39, 0.29) is 56.6 Å². The van der Waals surface area contributed by atoms with Crippen molar-refractivity contribution in [3.8, 4) is 0 Å². The molecule has 0 bridgehead atoms. The topological polar surface area (TPSA) is 192 Å². The maximum atomic E-state index is 12.6. The minimum absolute atomic E-state index is 0.00316. The van der Waals surface area contributed by atoms with Gasteiger partial charge >= 0.3 is 19.8 Å². The highest BCUT2D eigenvalue weighted by molar-refractivity contribution is 7.47. The van der Waals surface area contributed by atoms with Crippen LogP contribution in [0, 0.1) is 11.8 Å². The number of aliphatic hydroxyl groups is 2. The van der Waals surface area contributed by atoms with Gasteiger partial charge in [-0.1, -0.05) is 121 Å². The molecule has 1 fully saturated rings. The first kappa shape index (κ1) is 51.8. The Balaban J connectivity index is 2.42. The Hall–Kier alpha value is -2.18. The van der Waals surface area contributed by atoms with Gasteiger partial charge in [-0.15, -0.1) is 0 Å². The van der Waals surface area contributed by atoms with Gasteiger partial charge in [0.15, 0.2) is 6.10 Å². The predicted molar refractivity (Wildman–Crippen MR) is 221 cm³/mol. The molecule has 1 unspecified atom stereocenters. The van der Waals surface area contributed by atoms with Crippen molar-refractivity contribution in [1.82, 2.24) is 0 Å². The zero-order valence-corrected chi connectivity index (χ0v) is 35.5. The molecular formula is C43H76NO11P. The molecule has 1 saturated carbocycles. The fraction of sp³-hybridized carbons (Fsp3) is 0.791. The molecule has 0 amide bonds. The van der Waals surface area contributed by atoms with Crippen LogP contribution in [-0.4, -0.2) is 77.5 Å². The van der Waals surface area contributed by atoms with E-state index in [1.54, 1.807) is 12.2 Å². The summed E-state index contributed by atoms with van der Waals surface area (Å²) in [7, 11) is -4.44. The van der Waals surface area contributed by atoms with Crippen LogP contribution in [-0.2, 0) is 37.5 Å². The summed E-state index contributed by atoms with van der Waals surface area (Å²) in [5, 5.41) is 20.7. The van der Waals surface area contributed by atoms with Crippen molar-refractivity contribution in [2.75, 3.05) is 26.4 Å². The number of Topliss-reactive ketones (excluding diaryl/α,β-unsaturated/α-hetero) is 1. The minimum Gasteiger partial charge on any atom is -0.462 e. The number of unbranched alkanes of at least 4 members (excludes halogenated alkanes) is 14. The monoisotopic (exact) mass is 814 g/mol. The van der Waals surface area contributed by atoms with Gasteiger partial charge < -0.3 is 30.3 Å². The molecule has 5 N–H and O–H groups in total. The third-order valence-corrected chi connectivity index (χ3v) is 10.9. The number of aliphatic hydroxyl groups excluding tert-OH is 2. The highest BCUT2D eigenvalue weighted by Gasteiger charge is 2.39. The molecule has 1 rings (SSSR count). The summed E-state index contributed by atoms with van der Waals surface area (Å²) in [5.74, 6) is -1.74. The van der Waals surface area contributed by atoms with Gasteiger partial charge in [0.1, 0.15) is 12.4 Å². The van der Waals surface area contributed by atoms with E-state index in [1.807, 2.05) is 12.2 Å². The van der Waals surface area contributed by atoms with Crippen LogP contribution in [0.3, 0.4) is 0 Å². The molecule has 6 atom stereocenters. The second-order valence-electron chi connectivity index (χ2n) is 15.0. The number of allylic oxidation sites excluding steroid dienone is 4. The van der Waals surface area contributed by atoms with Gasteiger partial charge in [0.05, 0.1) is 25.4 Å². The van der Waals surface area contributed by atoms with Gasteiger partial charge in [-0.2, -0.15) is 0 Å². The van der Waals surface area contributed by atoms with Crippen LogP contribution in [0.4, 0.5) is 0 Å². The van der Waals surface area contributed by atoms with Crippen LogP contribution in [0.2, 0.25) is 0 Å². The van der Waals surface area contributed by atoms with E-state index in [2.05, 4.69) is 26.0 Å². The number of hydrogen-bond acceptors (Lipinski definition) is 11. The molecule has 0 aromatic heterocycles. The van der Waals surface area contributed by atoms with Crippen LogP contribution in [0.25, 0.3) is 0 Å². The molecule has 0 saturated heterocycles. The number of ether oxygens (including phenoxy) is 2. The molecule has 0 heterocycles. The maximum Gasteiger partial charge on any atom is 0.472 e. The molecule has 0 aromatic rings. The van der Waals surface area contributed by atoms with Crippen molar-refractivity contribution in [3.05, 3.63) is 36.5 Å². The van der Waals surface area contributed by atoms with E-state index in [1.165, 1.54) is 51.4 Å².